The first-order valence-electron chi connectivity index (χ1n) is 8.09. The van der Waals surface area contributed by atoms with E-state index >= 15 is 0 Å². The predicted molar refractivity (Wildman–Crippen MR) is 95.7 cm³/mol. The highest BCUT2D eigenvalue weighted by atomic mass is 32.2. The second-order valence-electron chi connectivity index (χ2n) is 5.41. The number of pyridine rings is 1. The van der Waals surface area contributed by atoms with E-state index in [4.69, 9.17) is 4.42 Å². The fraction of sp³-hybridized carbons (Fsp3) is 0.176. The van der Waals surface area contributed by atoms with Gasteiger partial charge in [-0.3, -0.25) is 4.98 Å². The molecule has 0 saturated heterocycles. The van der Waals surface area contributed by atoms with Crippen molar-refractivity contribution >= 4 is 11.8 Å². The maximum absolute atomic E-state index is 5.66. The molecule has 0 radical (unpaired) electrons. The zero-order chi connectivity index (χ0) is 17.6. The van der Waals surface area contributed by atoms with Crippen LogP contribution in [0.2, 0.25) is 0 Å². The number of aromatic nitrogens is 7. The van der Waals surface area contributed by atoms with E-state index in [2.05, 4.69) is 30.7 Å². The summed E-state index contributed by atoms with van der Waals surface area (Å²) in [6, 6.07) is 13.6. The van der Waals surface area contributed by atoms with Crippen LogP contribution >= 0.6 is 11.8 Å². The minimum Gasteiger partial charge on any atom is -0.411 e. The van der Waals surface area contributed by atoms with Crippen molar-refractivity contribution in [2.75, 3.05) is 5.75 Å². The van der Waals surface area contributed by atoms with Crippen molar-refractivity contribution in [1.29, 1.82) is 0 Å². The first kappa shape index (κ1) is 16.4. The molecule has 1 aromatic carbocycles. The van der Waals surface area contributed by atoms with E-state index < -0.39 is 0 Å². The monoisotopic (exact) mass is 365 g/mol. The Kier molecular flexibility index (Phi) is 4.97. The molecular weight excluding hydrogens is 350 g/mol. The van der Waals surface area contributed by atoms with Crippen LogP contribution in [0.4, 0.5) is 0 Å². The number of para-hydroxylation sites is 1. The van der Waals surface area contributed by atoms with Gasteiger partial charge in [0.1, 0.15) is 0 Å². The van der Waals surface area contributed by atoms with Gasteiger partial charge in [0, 0.05) is 24.6 Å². The summed E-state index contributed by atoms with van der Waals surface area (Å²) in [5.41, 5.74) is 1.77. The molecule has 3 aromatic heterocycles. The SMILES string of the molecule is c1ccc(-n2nnnc2CCCSc2nnc(-c3cccnc3)o2)cc1. The second kappa shape index (κ2) is 7.87. The molecule has 4 rings (SSSR count). The summed E-state index contributed by atoms with van der Waals surface area (Å²) < 4.78 is 7.42. The lowest BCUT2D eigenvalue weighted by Gasteiger charge is -2.03. The Bertz CT molecular complexity index is 955. The molecule has 4 aromatic rings. The molecule has 0 aliphatic rings. The molecule has 0 bridgehead atoms. The lowest BCUT2D eigenvalue weighted by molar-refractivity contribution is 0.465. The Hall–Kier alpha value is -3.07. The van der Waals surface area contributed by atoms with Gasteiger partial charge in [-0.1, -0.05) is 30.0 Å². The van der Waals surface area contributed by atoms with Crippen LogP contribution in [0.1, 0.15) is 12.2 Å². The number of rotatable bonds is 7. The van der Waals surface area contributed by atoms with Gasteiger partial charge in [-0.2, -0.15) is 4.68 Å². The molecule has 8 nitrogen and oxygen atoms in total. The largest absolute Gasteiger partial charge is 0.411 e. The van der Waals surface area contributed by atoms with Crippen molar-refractivity contribution in [3.63, 3.8) is 0 Å². The maximum atomic E-state index is 5.66. The molecular formula is C17H15N7OS. The van der Waals surface area contributed by atoms with Gasteiger partial charge in [0.15, 0.2) is 5.82 Å². The molecule has 0 unspecified atom stereocenters. The number of aryl methyl sites for hydroxylation is 1. The van der Waals surface area contributed by atoms with Crippen LogP contribution in [-0.4, -0.2) is 41.1 Å². The third-order valence-corrected chi connectivity index (χ3v) is 4.52. The summed E-state index contributed by atoms with van der Waals surface area (Å²) in [6.07, 6.45) is 5.06. The van der Waals surface area contributed by atoms with Crippen molar-refractivity contribution < 1.29 is 4.42 Å². The number of hydrogen-bond acceptors (Lipinski definition) is 8. The Morgan fingerprint density at radius 2 is 1.92 bits per heavy atom. The molecule has 3 heterocycles. The zero-order valence-corrected chi connectivity index (χ0v) is 14.6. The first-order chi connectivity index (χ1) is 12.9. The highest BCUT2D eigenvalue weighted by Crippen LogP contribution is 2.23. The molecule has 0 saturated carbocycles. The Balaban J connectivity index is 1.32. The molecule has 0 N–H and O–H groups in total. The average molecular weight is 365 g/mol. The van der Waals surface area contributed by atoms with Gasteiger partial charge in [0.25, 0.3) is 5.22 Å². The van der Waals surface area contributed by atoms with Crippen LogP contribution in [0, 0.1) is 0 Å². The minimum absolute atomic E-state index is 0.480. The Morgan fingerprint density at radius 3 is 2.77 bits per heavy atom. The average Bonchev–Trinajstić information content (AvgIpc) is 3.36. The summed E-state index contributed by atoms with van der Waals surface area (Å²) in [4.78, 5) is 4.05. The second-order valence-corrected chi connectivity index (χ2v) is 6.46. The van der Waals surface area contributed by atoms with Gasteiger partial charge in [0.2, 0.25) is 5.89 Å². The maximum Gasteiger partial charge on any atom is 0.276 e. The number of nitrogens with zero attached hydrogens (tertiary/aromatic N) is 7. The van der Waals surface area contributed by atoms with Crippen LogP contribution < -0.4 is 0 Å². The van der Waals surface area contributed by atoms with Crippen LogP contribution in [0.25, 0.3) is 17.1 Å². The summed E-state index contributed by atoms with van der Waals surface area (Å²) in [5.74, 6) is 2.14. The Labute approximate surface area is 153 Å². The molecule has 130 valence electrons. The quantitative estimate of drug-likeness (QED) is 0.364. The van der Waals surface area contributed by atoms with Gasteiger partial charge in [-0.05, 0) is 41.1 Å². The van der Waals surface area contributed by atoms with Crippen LogP contribution in [0.5, 0.6) is 0 Å². The molecule has 0 fully saturated rings. The molecule has 0 atom stereocenters. The van der Waals surface area contributed by atoms with Crippen LogP contribution in [-0.2, 0) is 6.42 Å². The highest BCUT2D eigenvalue weighted by Gasteiger charge is 2.10. The van der Waals surface area contributed by atoms with Crippen molar-refractivity contribution in [3.05, 3.63) is 60.7 Å². The van der Waals surface area contributed by atoms with E-state index in [-0.39, 0.29) is 0 Å². The zero-order valence-electron chi connectivity index (χ0n) is 13.8. The van der Waals surface area contributed by atoms with E-state index in [1.807, 2.05) is 42.5 Å². The lowest BCUT2D eigenvalue weighted by Crippen LogP contribution is -2.03. The van der Waals surface area contributed by atoms with E-state index in [1.54, 1.807) is 17.1 Å². The van der Waals surface area contributed by atoms with E-state index in [0.717, 1.165) is 35.7 Å². The third-order valence-electron chi connectivity index (χ3n) is 3.62. The topological polar surface area (TPSA) is 95.4 Å². The number of hydrogen-bond donors (Lipinski definition) is 0. The molecule has 26 heavy (non-hydrogen) atoms. The van der Waals surface area contributed by atoms with Gasteiger partial charge in [-0.25, -0.2) is 0 Å². The van der Waals surface area contributed by atoms with Crippen LogP contribution in [0.15, 0.2) is 64.5 Å². The number of thioether (sulfide) groups is 1. The molecule has 0 aliphatic carbocycles. The smallest absolute Gasteiger partial charge is 0.276 e. The van der Waals surface area contributed by atoms with Gasteiger partial charge in [0.05, 0.1) is 11.3 Å². The van der Waals surface area contributed by atoms with E-state index in [9.17, 15) is 0 Å². The fourth-order valence-electron chi connectivity index (χ4n) is 2.40. The van der Waals surface area contributed by atoms with Crippen molar-refractivity contribution in [2.24, 2.45) is 0 Å². The Morgan fingerprint density at radius 1 is 1.00 bits per heavy atom. The number of benzene rings is 1. The minimum atomic E-state index is 0.480. The molecule has 0 aliphatic heterocycles. The molecule has 0 amide bonds. The van der Waals surface area contributed by atoms with Crippen molar-refractivity contribution in [2.45, 2.75) is 18.1 Å². The third kappa shape index (κ3) is 3.77. The van der Waals surface area contributed by atoms with Crippen molar-refractivity contribution in [1.82, 2.24) is 35.4 Å². The van der Waals surface area contributed by atoms with Crippen LogP contribution in [0.3, 0.4) is 0 Å². The normalized spacial score (nSPS) is 10.9. The lowest BCUT2D eigenvalue weighted by atomic mass is 10.3. The van der Waals surface area contributed by atoms with Gasteiger partial charge < -0.3 is 4.42 Å². The summed E-state index contributed by atoms with van der Waals surface area (Å²) in [7, 11) is 0. The first-order valence-corrected chi connectivity index (χ1v) is 9.08. The van der Waals surface area contributed by atoms with E-state index in [0.29, 0.717) is 11.1 Å². The van der Waals surface area contributed by atoms with Crippen molar-refractivity contribution in [3.8, 4) is 17.1 Å². The summed E-state index contributed by atoms with van der Waals surface area (Å²) >= 11 is 1.52. The highest BCUT2D eigenvalue weighted by molar-refractivity contribution is 7.99. The summed E-state index contributed by atoms with van der Waals surface area (Å²) in [5, 5.41) is 20.6. The summed E-state index contributed by atoms with van der Waals surface area (Å²) in [6.45, 7) is 0. The van der Waals surface area contributed by atoms with E-state index in [1.165, 1.54) is 11.8 Å². The standard InChI is InChI=1S/C17H15N7OS/c1-2-7-14(8-3-1)24-15(19-22-23-24)9-5-11-26-17-21-20-16(25-17)13-6-4-10-18-12-13/h1-4,6-8,10,12H,5,9,11H2. The molecule has 9 heteroatoms. The molecule has 0 spiro atoms. The van der Waals surface area contributed by atoms with Gasteiger partial charge in [-0.15, -0.1) is 15.3 Å². The fourth-order valence-corrected chi connectivity index (χ4v) is 3.09. The number of tetrazole rings is 1. The predicted octanol–water partition coefficient (Wildman–Crippen LogP) is 2.83. The van der Waals surface area contributed by atoms with Gasteiger partial charge >= 0.3 is 0 Å².